The molecule has 0 aliphatic rings. The Morgan fingerprint density at radius 3 is 2.10 bits per heavy atom. The maximum Gasteiger partial charge on any atom is 0.250 e. The summed E-state index contributed by atoms with van der Waals surface area (Å²) in [6.45, 7) is 0.424. The number of methoxy groups -OCH3 is 4. The molecule has 0 aliphatic heterocycles. The monoisotopic (exact) mass is 298 g/mol. The van der Waals surface area contributed by atoms with E-state index in [1.807, 2.05) is 0 Å². The number of amides is 1. The zero-order valence-electron chi connectivity index (χ0n) is 12.8. The van der Waals surface area contributed by atoms with E-state index in [1.54, 1.807) is 12.1 Å². The molecule has 1 rings (SSSR count). The van der Waals surface area contributed by atoms with Crippen LogP contribution in [0.5, 0.6) is 17.2 Å². The summed E-state index contributed by atoms with van der Waals surface area (Å²) < 4.78 is 20.7. The molecular formula is C14H22N2O5. The molecule has 7 heteroatoms. The fourth-order valence-electron chi connectivity index (χ4n) is 1.85. The maximum atomic E-state index is 11.8. The number of nitrogens with one attached hydrogen (secondary N) is 1. The second-order valence-electron chi connectivity index (χ2n) is 4.21. The third kappa shape index (κ3) is 4.24. The van der Waals surface area contributed by atoms with Crippen LogP contribution in [0.4, 0.5) is 0 Å². The van der Waals surface area contributed by atoms with Gasteiger partial charge in [0, 0.05) is 20.2 Å². The highest BCUT2D eigenvalue weighted by Gasteiger charge is 2.17. The predicted octanol–water partition coefficient (Wildman–Crippen LogP) is 0.302. The zero-order valence-corrected chi connectivity index (χ0v) is 12.8. The summed E-state index contributed by atoms with van der Waals surface area (Å²) in [4.78, 5) is 11.8. The molecule has 0 saturated carbocycles. The van der Waals surface area contributed by atoms with Gasteiger partial charge in [-0.2, -0.15) is 0 Å². The number of nitrogens with two attached hydrogens (primary N) is 1. The van der Waals surface area contributed by atoms with Crippen molar-refractivity contribution < 1.29 is 23.7 Å². The van der Waals surface area contributed by atoms with Gasteiger partial charge >= 0.3 is 0 Å². The number of hydrogen-bond donors (Lipinski definition) is 2. The van der Waals surface area contributed by atoms with Crippen LogP contribution in [0.3, 0.4) is 0 Å². The molecule has 21 heavy (non-hydrogen) atoms. The van der Waals surface area contributed by atoms with Crippen molar-refractivity contribution in [3.8, 4) is 17.2 Å². The van der Waals surface area contributed by atoms with E-state index in [0.29, 0.717) is 23.8 Å². The third-order valence-corrected chi connectivity index (χ3v) is 2.98. The largest absolute Gasteiger partial charge is 0.493 e. The average molecular weight is 298 g/mol. The second kappa shape index (κ2) is 8.33. The van der Waals surface area contributed by atoms with E-state index in [4.69, 9.17) is 24.7 Å². The van der Waals surface area contributed by atoms with Crippen LogP contribution in [0.15, 0.2) is 12.1 Å². The summed E-state index contributed by atoms with van der Waals surface area (Å²) in [5, 5.41) is 2.75. The Morgan fingerprint density at radius 1 is 1.14 bits per heavy atom. The van der Waals surface area contributed by atoms with Gasteiger partial charge in [-0.05, 0) is 17.7 Å². The van der Waals surface area contributed by atoms with Crippen molar-refractivity contribution in [2.45, 2.75) is 12.6 Å². The molecule has 0 spiro atoms. The molecule has 0 saturated heterocycles. The van der Waals surface area contributed by atoms with Gasteiger partial charge in [-0.25, -0.2) is 0 Å². The Kier molecular flexibility index (Phi) is 6.77. The smallest absolute Gasteiger partial charge is 0.250 e. The Labute approximate surface area is 124 Å². The summed E-state index contributed by atoms with van der Waals surface area (Å²) in [7, 11) is 6.05. The molecule has 1 aromatic rings. The first-order chi connectivity index (χ1) is 10.1. The van der Waals surface area contributed by atoms with Gasteiger partial charge in [0.15, 0.2) is 11.5 Å². The van der Waals surface area contributed by atoms with Crippen LogP contribution >= 0.6 is 0 Å². The van der Waals surface area contributed by atoms with E-state index in [-0.39, 0.29) is 12.5 Å². The number of benzene rings is 1. The van der Waals surface area contributed by atoms with Crippen molar-refractivity contribution in [3.05, 3.63) is 17.7 Å². The number of hydrogen-bond acceptors (Lipinski definition) is 6. The topological polar surface area (TPSA) is 92.0 Å². The number of rotatable bonds is 8. The molecule has 0 radical (unpaired) electrons. The number of carbonyl (C=O) groups is 1. The second-order valence-corrected chi connectivity index (χ2v) is 4.21. The van der Waals surface area contributed by atoms with Gasteiger partial charge in [0.05, 0.1) is 21.3 Å². The highest BCUT2D eigenvalue weighted by atomic mass is 16.5. The quantitative estimate of drug-likeness (QED) is 0.717. The summed E-state index contributed by atoms with van der Waals surface area (Å²) >= 11 is 0. The van der Waals surface area contributed by atoms with E-state index in [2.05, 4.69) is 5.32 Å². The molecule has 0 aliphatic carbocycles. The molecule has 0 bridgehead atoms. The van der Waals surface area contributed by atoms with Gasteiger partial charge in [-0.1, -0.05) is 0 Å². The summed E-state index contributed by atoms with van der Waals surface area (Å²) in [6, 6.07) is 3.54. The Morgan fingerprint density at radius 2 is 1.71 bits per heavy atom. The van der Waals surface area contributed by atoms with E-state index in [0.717, 1.165) is 5.56 Å². The predicted molar refractivity (Wildman–Crippen MR) is 77.8 cm³/mol. The van der Waals surface area contributed by atoms with E-state index >= 15 is 0 Å². The van der Waals surface area contributed by atoms with E-state index in [1.165, 1.54) is 28.4 Å². The molecule has 1 amide bonds. The molecule has 1 unspecified atom stereocenters. The number of carbonyl (C=O) groups excluding carboxylic acids is 1. The lowest BCUT2D eigenvalue weighted by molar-refractivity contribution is -0.130. The first-order valence-electron chi connectivity index (χ1n) is 6.40. The highest BCUT2D eigenvalue weighted by Crippen LogP contribution is 2.38. The first-order valence-corrected chi connectivity index (χ1v) is 6.40. The summed E-state index contributed by atoms with van der Waals surface area (Å²) in [6.07, 6.45) is -0.660. The van der Waals surface area contributed by atoms with Gasteiger partial charge in [-0.3, -0.25) is 4.79 Å². The van der Waals surface area contributed by atoms with Crippen molar-refractivity contribution in [3.63, 3.8) is 0 Å². The van der Waals surface area contributed by atoms with Gasteiger partial charge in [0.1, 0.15) is 6.10 Å². The van der Waals surface area contributed by atoms with Gasteiger partial charge in [0.25, 0.3) is 5.91 Å². The van der Waals surface area contributed by atoms with Crippen molar-refractivity contribution in [2.24, 2.45) is 5.73 Å². The minimum atomic E-state index is -0.660. The van der Waals surface area contributed by atoms with Gasteiger partial charge < -0.3 is 30.0 Å². The average Bonchev–Trinajstić information content (AvgIpc) is 2.52. The Bertz CT molecular complexity index is 449. The molecule has 7 nitrogen and oxygen atoms in total. The lowest BCUT2D eigenvalue weighted by atomic mass is 10.1. The molecule has 118 valence electrons. The van der Waals surface area contributed by atoms with Gasteiger partial charge in [0.2, 0.25) is 5.75 Å². The highest BCUT2D eigenvalue weighted by molar-refractivity contribution is 5.81. The molecule has 1 aromatic carbocycles. The zero-order chi connectivity index (χ0) is 15.8. The lowest BCUT2D eigenvalue weighted by Gasteiger charge is -2.16. The molecule has 0 fully saturated rings. The first kappa shape index (κ1) is 17.1. The van der Waals surface area contributed by atoms with Crippen molar-refractivity contribution in [1.29, 1.82) is 0 Å². The Balaban J connectivity index is 2.87. The van der Waals surface area contributed by atoms with Crippen molar-refractivity contribution in [1.82, 2.24) is 5.32 Å². The minimum absolute atomic E-state index is 0.123. The lowest BCUT2D eigenvalue weighted by Crippen LogP contribution is -2.40. The fraction of sp³-hybridized carbons (Fsp3) is 0.500. The Hall–Kier alpha value is -1.99. The van der Waals surface area contributed by atoms with Crippen LogP contribution in [-0.4, -0.2) is 47.0 Å². The maximum absolute atomic E-state index is 11.8. The SMILES string of the molecule is COc1cc(CNC(=O)C(CN)OC)cc(OC)c1OC. The summed E-state index contributed by atoms with van der Waals surface area (Å²) in [5.41, 5.74) is 6.25. The van der Waals surface area contributed by atoms with Crippen LogP contribution in [-0.2, 0) is 16.1 Å². The van der Waals surface area contributed by atoms with Gasteiger partial charge in [-0.15, -0.1) is 0 Å². The molecule has 1 atom stereocenters. The van der Waals surface area contributed by atoms with Crippen molar-refractivity contribution >= 4 is 5.91 Å². The van der Waals surface area contributed by atoms with Crippen LogP contribution in [0.25, 0.3) is 0 Å². The van der Waals surface area contributed by atoms with Crippen molar-refractivity contribution in [2.75, 3.05) is 35.0 Å². The van der Waals surface area contributed by atoms with Crippen LogP contribution in [0, 0.1) is 0 Å². The summed E-state index contributed by atoms with van der Waals surface area (Å²) in [5.74, 6) is 1.30. The molecule has 0 aromatic heterocycles. The van der Waals surface area contributed by atoms with Crippen LogP contribution in [0.2, 0.25) is 0 Å². The van der Waals surface area contributed by atoms with E-state index < -0.39 is 6.10 Å². The van der Waals surface area contributed by atoms with Crippen LogP contribution in [0.1, 0.15) is 5.56 Å². The molecule has 3 N–H and O–H groups in total. The molecular weight excluding hydrogens is 276 g/mol. The van der Waals surface area contributed by atoms with E-state index in [9.17, 15) is 4.79 Å². The fourth-order valence-corrected chi connectivity index (χ4v) is 1.85. The van der Waals surface area contributed by atoms with Crippen LogP contribution < -0.4 is 25.3 Å². The third-order valence-electron chi connectivity index (χ3n) is 2.98. The minimum Gasteiger partial charge on any atom is -0.493 e. The number of ether oxygens (including phenoxy) is 4. The standard InChI is InChI=1S/C14H22N2O5/c1-18-10-5-9(6-11(19-2)13(10)21-4)8-16-14(17)12(7-15)20-3/h5-6,12H,7-8,15H2,1-4H3,(H,16,17). The normalized spacial score (nSPS) is 11.7. The molecule has 0 heterocycles.